The summed E-state index contributed by atoms with van der Waals surface area (Å²) < 4.78 is 4.89. The predicted octanol–water partition coefficient (Wildman–Crippen LogP) is 1.85. The van der Waals surface area contributed by atoms with Gasteiger partial charge in [-0.05, 0) is 31.2 Å². The number of imide groups is 1. The second-order valence-electron chi connectivity index (χ2n) is 8.23. The van der Waals surface area contributed by atoms with E-state index in [9.17, 15) is 29.3 Å². The molecule has 10 nitrogen and oxygen atoms in total. The zero-order valence-corrected chi connectivity index (χ0v) is 18.3. The molecule has 2 bridgehead atoms. The van der Waals surface area contributed by atoms with Gasteiger partial charge in [-0.25, -0.2) is 0 Å². The molecule has 4 rings (SSSR count). The zero-order valence-electron chi connectivity index (χ0n) is 16.8. The van der Waals surface area contributed by atoms with Crippen LogP contribution >= 0.6 is 23.2 Å². The maximum absolute atomic E-state index is 12.7. The molecule has 0 spiro atoms. The molecule has 1 heterocycles. The van der Waals surface area contributed by atoms with Crippen LogP contribution in [0.3, 0.4) is 0 Å². The minimum Gasteiger partial charge on any atom is -0.454 e. The number of aryl methyl sites for hydroxylation is 1. The maximum Gasteiger partial charge on any atom is 0.326 e. The number of fused-ring (bicyclic) bond motifs is 5. The van der Waals surface area contributed by atoms with Gasteiger partial charge in [-0.3, -0.25) is 34.2 Å². The highest BCUT2D eigenvalue weighted by molar-refractivity contribution is 6.31. The summed E-state index contributed by atoms with van der Waals surface area (Å²) in [6.45, 7) is 0.280. The largest absolute Gasteiger partial charge is 0.454 e. The van der Waals surface area contributed by atoms with Crippen LogP contribution in [0.4, 0.5) is 11.4 Å². The summed E-state index contributed by atoms with van der Waals surface area (Å²) in [4.78, 5) is 61.0. The highest BCUT2D eigenvalue weighted by Gasteiger charge is 2.66. The topological polar surface area (TPSA) is 136 Å². The van der Waals surface area contributed by atoms with Crippen molar-refractivity contribution in [1.29, 1.82) is 0 Å². The van der Waals surface area contributed by atoms with E-state index in [4.69, 9.17) is 27.9 Å². The number of carbonyl (C=O) groups is 4. The Balaban J connectivity index is 1.32. The van der Waals surface area contributed by atoms with Crippen LogP contribution in [0, 0.1) is 40.7 Å². The van der Waals surface area contributed by atoms with Crippen molar-refractivity contribution in [3.05, 3.63) is 33.9 Å². The van der Waals surface area contributed by atoms with Crippen molar-refractivity contribution in [2.24, 2.45) is 23.7 Å². The Kier molecular flexibility index (Phi) is 5.85. The van der Waals surface area contributed by atoms with E-state index >= 15 is 0 Å². The summed E-state index contributed by atoms with van der Waals surface area (Å²) in [7, 11) is 0. The molecule has 1 saturated heterocycles. The fourth-order valence-corrected chi connectivity index (χ4v) is 5.86. The van der Waals surface area contributed by atoms with E-state index in [0.29, 0.717) is 12.0 Å². The molecule has 0 radical (unpaired) electrons. The summed E-state index contributed by atoms with van der Waals surface area (Å²) >= 11 is 12.6. The SMILES string of the molecule is Cc1ccc(NC(=O)COC(=O)CN2C(=O)[C@@H]3[C@H]4C[C@@H]([C@@H](Cl)[C@H]4Cl)[C@H]3C2=O)cc1[N+](=O)[O-]. The minimum absolute atomic E-state index is 0.163. The molecule has 2 saturated carbocycles. The number of esters is 1. The maximum atomic E-state index is 12.7. The van der Waals surface area contributed by atoms with Crippen LogP contribution in [0.2, 0.25) is 0 Å². The third-order valence-corrected chi connectivity index (χ3v) is 7.74. The standard InChI is InChI=1S/C20H19Cl2N3O7/c1-8-2-3-9(4-12(8)25(30)31)23-13(26)7-32-14(27)6-24-19(28)15-10-5-11(16(15)20(24)29)18(22)17(10)21/h2-4,10-11,15-18H,5-7H2,1H3,(H,23,26)/t10-,11-,15-,16-,17-,18+/m1/s1. The van der Waals surface area contributed by atoms with Crippen molar-refractivity contribution >= 4 is 58.3 Å². The molecule has 3 amide bonds. The first-order valence-corrected chi connectivity index (χ1v) is 10.8. The van der Waals surface area contributed by atoms with Crippen LogP contribution in [0.1, 0.15) is 12.0 Å². The number of alkyl halides is 2. The molecular weight excluding hydrogens is 465 g/mol. The average Bonchev–Trinajstić information content (AvgIpc) is 3.34. The van der Waals surface area contributed by atoms with Crippen molar-refractivity contribution < 1.29 is 28.8 Å². The number of halogens is 2. The monoisotopic (exact) mass is 483 g/mol. The van der Waals surface area contributed by atoms with Gasteiger partial charge in [0.05, 0.1) is 27.5 Å². The van der Waals surface area contributed by atoms with E-state index < -0.39 is 64.4 Å². The summed E-state index contributed by atoms with van der Waals surface area (Å²) in [5.41, 5.74) is 0.435. The Hall–Kier alpha value is -2.72. The van der Waals surface area contributed by atoms with Gasteiger partial charge in [0.1, 0.15) is 6.54 Å². The number of hydrogen-bond donors (Lipinski definition) is 1. The van der Waals surface area contributed by atoms with Crippen molar-refractivity contribution in [2.75, 3.05) is 18.5 Å². The Morgan fingerprint density at radius 1 is 1.19 bits per heavy atom. The quantitative estimate of drug-likeness (QED) is 0.214. The molecule has 3 fully saturated rings. The Labute approximate surface area is 192 Å². The molecular formula is C20H19Cl2N3O7. The number of nitrogens with zero attached hydrogens (tertiary/aromatic N) is 2. The molecule has 170 valence electrons. The number of ether oxygens (including phenoxy) is 1. The molecule has 3 aliphatic rings. The first kappa shape index (κ1) is 22.5. The van der Waals surface area contributed by atoms with Gasteiger partial charge >= 0.3 is 5.97 Å². The predicted molar refractivity (Wildman–Crippen MR) is 112 cm³/mol. The molecule has 1 N–H and O–H groups in total. The van der Waals surface area contributed by atoms with Crippen molar-refractivity contribution in [1.82, 2.24) is 4.90 Å². The number of carbonyl (C=O) groups excluding carboxylic acids is 4. The number of anilines is 1. The van der Waals surface area contributed by atoms with Gasteiger partial charge < -0.3 is 10.1 Å². The van der Waals surface area contributed by atoms with Gasteiger partial charge in [0.2, 0.25) is 11.8 Å². The molecule has 1 aromatic carbocycles. The molecule has 12 heteroatoms. The summed E-state index contributed by atoms with van der Waals surface area (Å²) in [5.74, 6) is -4.11. The summed E-state index contributed by atoms with van der Waals surface area (Å²) in [5, 5.41) is 12.6. The third kappa shape index (κ3) is 3.71. The molecule has 0 aromatic heterocycles. The molecule has 6 atom stereocenters. The molecule has 0 unspecified atom stereocenters. The second kappa shape index (κ2) is 8.32. The highest BCUT2D eigenvalue weighted by Crippen LogP contribution is 2.59. The van der Waals surface area contributed by atoms with Crippen LogP contribution in [-0.4, -0.2) is 57.4 Å². The van der Waals surface area contributed by atoms with Gasteiger partial charge in [-0.2, -0.15) is 0 Å². The van der Waals surface area contributed by atoms with Gasteiger partial charge in [0, 0.05) is 17.3 Å². The molecule has 2 aliphatic carbocycles. The zero-order chi connectivity index (χ0) is 23.3. The van der Waals surface area contributed by atoms with Gasteiger partial charge in [-0.1, -0.05) is 6.07 Å². The lowest BCUT2D eigenvalue weighted by atomic mass is 9.80. The van der Waals surface area contributed by atoms with E-state index in [1.807, 2.05) is 0 Å². The number of nitro benzene ring substituents is 1. The van der Waals surface area contributed by atoms with Crippen molar-refractivity contribution in [3.63, 3.8) is 0 Å². The first-order valence-electron chi connectivity index (χ1n) is 9.94. The lowest BCUT2D eigenvalue weighted by Crippen LogP contribution is -2.38. The minimum atomic E-state index is -0.922. The van der Waals surface area contributed by atoms with Gasteiger partial charge in [-0.15, -0.1) is 23.2 Å². The van der Waals surface area contributed by atoms with Crippen LogP contribution in [0.15, 0.2) is 18.2 Å². The van der Waals surface area contributed by atoms with E-state index in [2.05, 4.69) is 5.32 Å². The Bertz CT molecular complexity index is 1000. The fourth-order valence-electron chi connectivity index (χ4n) is 4.97. The number of likely N-dealkylation sites (tertiary alicyclic amines) is 1. The van der Waals surface area contributed by atoms with E-state index in [1.54, 1.807) is 6.92 Å². The van der Waals surface area contributed by atoms with Crippen LogP contribution in [-0.2, 0) is 23.9 Å². The Morgan fingerprint density at radius 3 is 2.34 bits per heavy atom. The van der Waals surface area contributed by atoms with Crippen molar-refractivity contribution in [3.8, 4) is 0 Å². The van der Waals surface area contributed by atoms with Crippen molar-refractivity contribution in [2.45, 2.75) is 24.1 Å². The number of amides is 3. The molecule has 1 aromatic rings. The molecule has 1 aliphatic heterocycles. The van der Waals surface area contributed by atoms with Gasteiger partial charge in [0.25, 0.3) is 11.6 Å². The number of benzene rings is 1. The van der Waals surface area contributed by atoms with E-state index in [-0.39, 0.29) is 23.2 Å². The molecule has 32 heavy (non-hydrogen) atoms. The summed E-state index contributed by atoms with van der Waals surface area (Å²) in [6.07, 6.45) is 0.616. The van der Waals surface area contributed by atoms with Crippen LogP contribution in [0.5, 0.6) is 0 Å². The second-order valence-corrected chi connectivity index (χ2v) is 9.24. The number of rotatable bonds is 6. The number of nitrogens with one attached hydrogen (secondary N) is 1. The fraction of sp³-hybridized carbons (Fsp3) is 0.500. The van der Waals surface area contributed by atoms with Gasteiger partial charge in [0.15, 0.2) is 6.61 Å². The van der Waals surface area contributed by atoms with Crippen LogP contribution < -0.4 is 5.32 Å². The van der Waals surface area contributed by atoms with E-state index in [0.717, 1.165) is 4.90 Å². The Morgan fingerprint density at radius 2 is 1.78 bits per heavy atom. The average molecular weight is 484 g/mol. The summed E-state index contributed by atoms with van der Waals surface area (Å²) in [6, 6.07) is 4.15. The lowest BCUT2D eigenvalue weighted by Gasteiger charge is -2.28. The third-order valence-electron chi connectivity index (χ3n) is 6.42. The smallest absolute Gasteiger partial charge is 0.326 e. The lowest BCUT2D eigenvalue weighted by molar-refractivity contribution is -0.385. The van der Waals surface area contributed by atoms with E-state index in [1.165, 1.54) is 18.2 Å². The number of hydrogen-bond acceptors (Lipinski definition) is 7. The van der Waals surface area contributed by atoms with Crippen LogP contribution in [0.25, 0.3) is 0 Å². The number of nitro groups is 1. The normalized spacial score (nSPS) is 30.4. The highest BCUT2D eigenvalue weighted by atomic mass is 35.5. The first-order chi connectivity index (χ1) is 15.1.